The lowest BCUT2D eigenvalue weighted by molar-refractivity contribution is 0.169. The number of aliphatic hydroxyl groups is 1. The fourth-order valence-electron chi connectivity index (χ4n) is 2.05. The van der Waals surface area contributed by atoms with E-state index in [1.165, 1.54) is 6.07 Å². The van der Waals surface area contributed by atoms with E-state index >= 15 is 0 Å². The number of nitrogens with one attached hydrogen (secondary N) is 1. The highest BCUT2D eigenvalue weighted by atomic mass is 19.1. The van der Waals surface area contributed by atoms with Crippen molar-refractivity contribution in [1.82, 2.24) is 15.1 Å². The van der Waals surface area contributed by atoms with Gasteiger partial charge in [0.05, 0.1) is 11.8 Å². The highest BCUT2D eigenvalue weighted by Crippen LogP contribution is 2.17. The van der Waals surface area contributed by atoms with Crippen LogP contribution in [0.25, 0.3) is 0 Å². The van der Waals surface area contributed by atoms with Crippen LogP contribution in [0, 0.1) is 18.6 Å². The van der Waals surface area contributed by atoms with Crippen molar-refractivity contribution in [1.29, 1.82) is 0 Å². The summed E-state index contributed by atoms with van der Waals surface area (Å²) in [6.45, 7) is 2.60. The maximum atomic E-state index is 13.5. The Bertz CT molecular complexity index is 598. The van der Waals surface area contributed by atoms with Crippen LogP contribution in [0.4, 0.5) is 8.78 Å². The van der Waals surface area contributed by atoms with Gasteiger partial charge in [0.15, 0.2) is 0 Å². The van der Waals surface area contributed by atoms with Crippen molar-refractivity contribution in [2.45, 2.75) is 19.6 Å². The normalized spacial score (nSPS) is 12.7. The van der Waals surface area contributed by atoms with E-state index in [0.29, 0.717) is 6.54 Å². The summed E-state index contributed by atoms with van der Waals surface area (Å²) in [7, 11) is 1.83. The summed E-state index contributed by atoms with van der Waals surface area (Å²) in [5.41, 5.74) is 2.00. The molecule has 1 aromatic heterocycles. The number of benzene rings is 1. The molecule has 1 heterocycles. The van der Waals surface area contributed by atoms with Crippen LogP contribution in [0.15, 0.2) is 24.4 Å². The van der Waals surface area contributed by atoms with Crippen molar-refractivity contribution in [3.63, 3.8) is 0 Å². The van der Waals surface area contributed by atoms with Gasteiger partial charge in [0, 0.05) is 43.5 Å². The van der Waals surface area contributed by atoms with Gasteiger partial charge in [0.25, 0.3) is 0 Å². The second-order valence-electron chi connectivity index (χ2n) is 4.73. The minimum Gasteiger partial charge on any atom is -0.387 e. The third-order valence-corrected chi connectivity index (χ3v) is 3.09. The molecule has 2 aromatic rings. The lowest BCUT2D eigenvalue weighted by Crippen LogP contribution is -2.22. The number of hydrogen-bond acceptors (Lipinski definition) is 3. The van der Waals surface area contributed by atoms with Crippen LogP contribution < -0.4 is 5.32 Å². The molecule has 0 bridgehead atoms. The molecule has 0 aliphatic carbocycles. The standard InChI is InChI=1S/C14H17F2N3O/c1-9-10(8-19(2)18-9)6-17-7-14(20)12-4-3-11(15)5-13(12)16/h3-5,8,14,17,20H,6-7H2,1-2H3. The third kappa shape index (κ3) is 3.40. The number of aliphatic hydroxyl groups excluding tert-OH is 1. The summed E-state index contributed by atoms with van der Waals surface area (Å²) in [6.07, 6.45) is 0.861. The van der Waals surface area contributed by atoms with Crippen molar-refractivity contribution in [3.8, 4) is 0 Å². The Morgan fingerprint density at radius 1 is 1.40 bits per heavy atom. The highest BCUT2D eigenvalue weighted by Gasteiger charge is 2.13. The van der Waals surface area contributed by atoms with E-state index in [2.05, 4.69) is 10.4 Å². The molecule has 0 radical (unpaired) electrons. The Morgan fingerprint density at radius 2 is 2.15 bits per heavy atom. The lowest BCUT2D eigenvalue weighted by Gasteiger charge is -2.13. The zero-order valence-electron chi connectivity index (χ0n) is 11.4. The Labute approximate surface area is 116 Å². The minimum absolute atomic E-state index is 0.0850. The first kappa shape index (κ1) is 14.6. The third-order valence-electron chi connectivity index (χ3n) is 3.09. The SMILES string of the molecule is Cc1nn(C)cc1CNCC(O)c1ccc(F)cc1F. The molecule has 1 unspecified atom stereocenters. The first-order valence-electron chi connectivity index (χ1n) is 6.30. The summed E-state index contributed by atoms with van der Waals surface area (Å²) in [4.78, 5) is 0. The van der Waals surface area contributed by atoms with Gasteiger partial charge >= 0.3 is 0 Å². The molecule has 4 nitrogen and oxygen atoms in total. The van der Waals surface area contributed by atoms with E-state index in [0.717, 1.165) is 23.4 Å². The number of aryl methyl sites for hydroxylation is 2. The van der Waals surface area contributed by atoms with Crippen LogP contribution in [-0.4, -0.2) is 21.4 Å². The molecule has 6 heteroatoms. The Kier molecular flexibility index (Phi) is 4.46. The molecule has 0 saturated carbocycles. The fraction of sp³-hybridized carbons (Fsp3) is 0.357. The summed E-state index contributed by atoms with van der Waals surface area (Å²) in [5, 5.41) is 17.1. The van der Waals surface area contributed by atoms with Crippen molar-refractivity contribution in [3.05, 3.63) is 52.9 Å². The smallest absolute Gasteiger partial charge is 0.131 e. The molecule has 0 saturated heterocycles. The molecule has 1 aromatic carbocycles. The first-order valence-corrected chi connectivity index (χ1v) is 6.30. The van der Waals surface area contributed by atoms with E-state index in [1.54, 1.807) is 4.68 Å². The Morgan fingerprint density at radius 3 is 2.75 bits per heavy atom. The molecule has 2 rings (SSSR count). The van der Waals surface area contributed by atoms with Crippen molar-refractivity contribution < 1.29 is 13.9 Å². The minimum atomic E-state index is -1.02. The largest absolute Gasteiger partial charge is 0.387 e. The second-order valence-corrected chi connectivity index (χ2v) is 4.73. The number of halogens is 2. The maximum Gasteiger partial charge on any atom is 0.131 e. The van der Waals surface area contributed by atoms with Gasteiger partial charge in [0.2, 0.25) is 0 Å². The molecular weight excluding hydrogens is 264 g/mol. The molecule has 0 aliphatic heterocycles. The Balaban J connectivity index is 1.92. The van der Waals surface area contributed by atoms with Gasteiger partial charge in [-0.3, -0.25) is 4.68 Å². The van der Waals surface area contributed by atoms with E-state index in [1.807, 2.05) is 20.2 Å². The zero-order valence-corrected chi connectivity index (χ0v) is 11.4. The maximum absolute atomic E-state index is 13.5. The second kappa shape index (κ2) is 6.11. The van der Waals surface area contributed by atoms with Crippen LogP contribution >= 0.6 is 0 Å². The zero-order chi connectivity index (χ0) is 14.7. The predicted octanol–water partition coefficient (Wildman–Crippen LogP) is 1.83. The highest BCUT2D eigenvalue weighted by molar-refractivity contribution is 5.21. The van der Waals surface area contributed by atoms with Gasteiger partial charge in [-0.15, -0.1) is 0 Å². The summed E-state index contributed by atoms with van der Waals surface area (Å²) >= 11 is 0. The molecule has 0 spiro atoms. The number of hydrogen-bond donors (Lipinski definition) is 2. The molecule has 108 valence electrons. The average molecular weight is 281 g/mol. The van der Waals surface area contributed by atoms with Gasteiger partial charge in [-0.2, -0.15) is 5.10 Å². The number of rotatable bonds is 5. The van der Waals surface area contributed by atoms with Crippen LogP contribution in [0.2, 0.25) is 0 Å². The van der Waals surface area contributed by atoms with E-state index in [9.17, 15) is 13.9 Å². The summed E-state index contributed by atoms with van der Waals surface area (Å²) in [6, 6.07) is 3.16. The van der Waals surface area contributed by atoms with E-state index < -0.39 is 17.7 Å². The molecule has 0 amide bonds. The average Bonchev–Trinajstić information content (AvgIpc) is 2.67. The summed E-state index contributed by atoms with van der Waals surface area (Å²) < 4.78 is 28.0. The van der Waals surface area contributed by atoms with Crippen molar-refractivity contribution in [2.75, 3.05) is 6.54 Å². The molecule has 0 aliphatic rings. The van der Waals surface area contributed by atoms with Gasteiger partial charge in [-0.25, -0.2) is 8.78 Å². The van der Waals surface area contributed by atoms with Crippen molar-refractivity contribution >= 4 is 0 Å². The monoisotopic (exact) mass is 281 g/mol. The topological polar surface area (TPSA) is 50.1 Å². The van der Waals surface area contributed by atoms with Crippen LogP contribution in [0.5, 0.6) is 0 Å². The molecule has 20 heavy (non-hydrogen) atoms. The van der Waals surface area contributed by atoms with E-state index in [-0.39, 0.29) is 12.1 Å². The lowest BCUT2D eigenvalue weighted by atomic mass is 10.1. The summed E-state index contributed by atoms with van der Waals surface area (Å²) in [5.74, 6) is -1.39. The van der Waals surface area contributed by atoms with Crippen LogP contribution in [0.1, 0.15) is 22.9 Å². The predicted molar refractivity (Wildman–Crippen MR) is 71.0 cm³/mol. The molecular formula is C14H17F2N3O. The number of nitrogens with zero attached hydrogens (tertiary/aromatic N) is 2. The van der Waals surface area contributed by atoms with E-state index in [4.69, 9.17) is 0 Å². The van der Waals surface area contributed by atoms with Gasteiger partial charge in [-0.1, -0.05) is 6.07 Å². The fourth-order valence-corrected chi connectivity index (χ4v) is 2.05. The van der Waals surface area contributed by atoms with Crippen molar-refractivity contribution in [2.24, 2.45) is 7.05 Å². The Hall–Kier alpha value is -1.79. The quantitative estimate of drug-likeness (QED) is 0.879. The number of aromatic nitrogens is 2. The van der Waals surface area contributed by atoms with Crippen LogP contribution in [0.3, 0.4) is 0 Å². The molecule has 2 N–H and O–H groups in total. The van der Waals surface area contributed by atoms with Gasteiger partial charge < -0.3 is 10.4 Å². The first-order chi connectivity index (χ1) is 9.47. The van der Waals surface area contributed by atoms with Gasteiger partial charge in [0.1, 0.15) is 11.6 Å². The van der Waals surface area contributed by atoms with Gasteiger partial charge in [-0.05, 0) is 13.0 Å². The van der Waals surface area contributed by atoms with Crippen LogP contribution in [-0.2, 0) is 13.6 Å². The molecule has 1 atom stereocenters. The molecule has 0 fully saturated rings.